The Morgan fingerprint density at radius 3 is 2.76 bits per heavy atom. The fraction of sp³-hybridized carbons (Fsp3) is 0.615. The fourth-order valence-electron chi connectivity index (χ4n) is 1.34. The second-order valence-electron chi connectivity index (χ2n) is 3.82. The Balaban J connectivity index is 2.34. The minimum absolute atomic E-state index is 0.0375. The molecule has 1 atom stereocenters. The highest BCUT2D eigenvalue weighted by Crippen LogP contribution is 2.17. The van der Waals surface area contributed by atoms with Gasteiger partial charge in [0, 0.05) is 11.5 Å². The standard InChI is InChI=1S/C13H20O3S/c1-4-11-6-7-13(17-11)12(14)9-16-10(3)8-15-5-2/h6-7,10H,4-5,8-9H2,1-3H3. The third-order valence-corrected chi connectivity index (χ3v) is 3.61. The normalized spacial score (nSPS) is 12.6. The molecule has 96 valence electrons. The maximum absolute atomic E-state index is 11.8. The van der Waals surface area contributed by atoms with Gasteiger partial charge in [-0.15, -0.1) is 11.3 Å². The van der Waals surface area contributed by atoms with E-state index < -0.39 is 0 Å². The van der Waals surface area contributed by atoms with E-state index in [1.807, 2.05) is 26.0 Å². The van der Waals surface area contributed by atoms with Crippen LogP contribution in [0.5, 0.6) is 0 Å². The van der Waals surface area contributed by atoms with Crippen molar-refractivity contribution in [2.75, 3.05) is 19.8 Å². The summed E-state index contributed by atoms with van der Waals surface area (Å²) >= 11 is 1.55. The van der Waals surface area contributed by atoms with Gasteiger partial charge in [-0.1, -0.05) is 6.92 Å². The molecule has 1 aromatic rings. The molecule has 0 fully saturated rings. The molecule has 0 aliphatic rings. The number of thiophene rings is 1. The summed E-state index contributed by atoms with van der Waals surface area (Å²) in [6.45, 7) is 7.28. The summed E-state index contributed by atoms with van der Waals surface area (Å²) < 4.78 is 10.7. The van der Waals surface area contributed by atoms with Gasteiger partial charge in [0.05, 0.1) is 17.6 Å². The van der Waals surface area contributed by atoms with Crippen LogP contribution in [0.25, 0.3) is 0 Å². The van der Waals surface area contributed by atoms with Gasteiger partial charge in [-0.05, 0) is 32.4 Å². The van der Waals surface area contributed by atoms with Crippen LogP contribution in [0.4, 0.5) is 0 Å². The molecule has 0 amide bonds. The molecule has 0 radical (unpaired) electrons. The van der Waals surface area contributed by atoms with Crippen LogP contribution < -0.4 is 0 Å². The molecule has 1 rings (SSSR count). The lowest BCUT2D eigenvalue weighted by atomic mass is 10.3. The van der Waals surface area contributed by atoms with Crippen LogP contribution in [-0.2, 0) is 15.9 Å². The van der Waals surface area contributed by atoms with Crippen LogP contribution >= 0.6 is 11.3 Å². The predicted octanol–water partition coefficient (Wildman–Crippen LogP) is 2.93. The Bertz CT molecular complexity index is 346. The lowest BCUT2D eigenvalue weighted by Gasteiger charge is -2.11. The van der Waals surface area contributed by atoms with Crippen molar-refractivity contribution in [2.24, 2.45) is 0 Å². The number of hydrogen-bond donors (Lipinski definition) is 0. The zero-order valence-corrected chi connectivity index (χ0v) is 11.5. The third kappa shape index (κ3) is 4.98. The molecule has 0 aliphatic carbocycles. The van der Waals surface area contributed by atoms with Crippen molar-refractivity contribution in [3.63, 3.8) is 0 Å². The Morgan fingerprint density at radius 1 is 1.41 bits per heavy atom. The molecule has 0 spiro atoms. The number of ketones is 1. The van der Waals surface area contributed by atoms with Crippen molar-refractivity contribution >= 4 is 17.1 Å². The average molecular weight is 256 g/mol. The zero-order valence-electron chi connectivity index (χ0n) is 10.7. The number of Topliss-reactive ketones (excluding diaryl/α,β-unsaturated/α-hetero) is 1. The quantitative estimate of drug-likeness (QED) is 0.671. The summed E-state index contributed by atoms with van der Waals surface area (Å²) in [7, 11) is 0. The molecule has 1 heterocycles. The SMILES string of the molecule is CCOCC(C)OCC(=O)c1ccc(CC)s1. The molecule has 17 heavy (non-hydrogen) atoms. The summed E-state index contributed by atoms with van der Waals surface area (Å²) in [6.07, 6.45) is 0.934. The van der Waals surface area contributed by atoms with Crippen LogP contribution in [0.1, 0.15) is 35.3 Å². The van der Waals surface area contributed by atoms with E-state index in [2.05, 4.69) is 6.92 Å². The lowest BCUT2D eigenvalue weighted by Crippen LogP contribution is -2.20. The molecule has 0 saturated heterocycles. The van der Waals surface area contributed by atoms with Gasteiger partial charge in [-0.25, -0.2) is 0 Å². The lowest BCUT2D eigenvalue weighted by molar-refractivity contribution is 0.00127. The summed E-state index contributed by atoms with van der Waals surface area (Å²) in [5, 5.41) is 0. The Kier molecular flexibility index (Phi) is 6.40. The van der Waals surface area contributed by atoms with Gasteiger partial charge in [0.15, 0.2) is 5.78 Å². The summed E-state index contributed by atoms with van der Waals surface area (Å²) in [5.41, 5.74) is 0. The largest absolute Gasteiger partial charge is 0.379 e. The van der Waals surface area contributed by atoms with E-state index in [1.165, 1.54) is 4.88 Å². The first kappa shape index (κ1) is 14.4. The number of aryl methyl sites for hydroxylation is 1. The van der Waals surface area contributed by atoms with Crippen molar-refractivity contribution in [3.05, 3.63) is 21.9 Å². The van der Waals surface area contributed by atoms with Crippen LogP contribution in [0.15, 0.2) is 12.1 Å². The molecule has 1 unspecified atom stereocenters. The first-order valence-corrected chi connectivity index (χ1v) is 6.80. The molecule has 3 nitrogen and oxygen atoms in total. The van der Waals surface area contributed by atoms with Crippen LogP contribution in [0.2, 0.25) is 0 Å². The Hall–Kier alpha value is -0.710. The van der Waals surface area contributed by atoms with Gasteiger partial charge in [0.2, 0.25) is 0 Å². The number of ether oxygens (including phenoxy) is 2. The van der Waals surface area contributed by atoms with Crippen LogP contribution in [0, 0.1) is 0 Å². The maximum Gasteiger partial charge on any atom is 0.198 e. The highest BCUT2D eigenvalue weighted by molar-refractivity contribution is 7.14. The van der Waals surface area contributed by atoms with Gasteiger partial charge in [-0.2, -0.15) is 0 Å². The van der Waals surface area contributed by atoms with Crippen LogP contribution in [0.3, 0.4) is 0 Å². The molecule has 4 heteroatoms. The van der Waals surface area contributed by atoms with Crippen molar-refractivity contribution in [2.45, 2.75) is 33.3 Å². The van der Waals surface area contributed by atoms with E-state index in [1.54, 1.807) is 11.3 Å². The minimum atomic E-state index is -0.0375. The van der Waals surface area contributed by atoms with Gasteiger partial charge in [-0.3, -0.25) is 4.79 Å². The first-order valence-electron chi connectivity index (χ1n) is 5.98. The highest BCUT2D eigenvalue weighted by atomic mass is 32.1. The highest BCUT2D eigenvalue weighted by Gasteiger charge is 2.11. The summed E-state index contributed by atoms with van der Waals surface area (Å²) in [4.78, 5) is 13.8. The maximum atomic E-state index is 11.8. The van der Waals surface area contributed by atoms with E-state index in [-0.39, 0.29) is 18.5 Å². The summed E-state index contributed by atoms with van der Waals surface area (Å²) in [5.74, 6) is 0.0537. The molecule has 1 aromatic heterocycles. The molecule has 0 aliphatic heterocycles. The zero-order chi connectivity index (χ0) is 12.7. The molecule has 0 N–H and O–H groups in total. The molecule has 0 bridgehead atoms. The molecule has 0 aromatic carbocycles. The molecular formula is C13H20O3S. The number of rotatable bonds is 8. The van der Waals surface area contributed by atoms with Crippen molar-refractivity contribution < 1.29 is 14.3 Å². The summed E-state index contributed by atoms with van der Waals surface area (Å²) in [6, 6.07) is 3.88. The average Bonchev–Trinajstić information content (AvgIpc) is 2.82. The topological polar surface area (TPSA) is 35.5 Å². The number of hydrogen-bond acceptors (Lipinski definition) is 4. The van der Waals surface area contributed by atoms with Crippen molar-refractivity contribution in [3.8, 4) is 0 Å². The van der Waals surface area contributed by atoms with Gasteiger partial charge >= 0.3 is 0 Å². The van der Waals surface area contributed by atoms with Crippen molar-refractivity contribution in [1.82, 2.24) is 0 Å². The van der Waals surface area contributed by atoms with E-state index >= 15 is 0 Å². The van der Waals surface area contributed by atoms with Crippen molar-refractivity contribution in [1.29, 1.82) is 0 Å². The van der Waals surface area contributed by atoms with Crippen LogP contribution in [-0.4, -0.2) is 31.7 Å². The first-order chi connectivity index (χ1) is 8.17. The van der Waals surface area contributed by atoms with E-state index in [0.717, 1.165) is 11.3 Å². The molecular weight excluding hydrogens is 236 g/mol. The van der Waals surface area contributed by atoms with Gasteiger partial charge in [0.1, 0.15) is 6.61 Å². The smallest absolute Gasteiger partial charge is 0.198 e. The van der Waals surface area contributed by atoms with E-state index in [0.29, 0.717) is 13.2 Å². The second kappa shape index (κ2) is 7.58. The van der Waals surface area contributed by atoms with Gasteiger partial charge in [0.25, 0.3) is 0 Å². The predicted molar refractivity (Wildman–Crippen MR) is 69.9 cm³/mol. The van der Waals surface area contributed by atoms with Gasteiger partial charge < -0.3 is 9.47 Å². The third-order valence-electron chi connectivity index (χ3n) is 2.34. The monoisotopic (exact) mass is 256 g/mol. The fourth-order valence-corrected chi connectivity index (χ4v) is 2.21. The number of carbonyl (C=O) groups excluding carboxylic acids is 1. The number of carbonyl (C=O) groups is 1. The Morgan fingerprint density at radius 2 is 2.18 bits per heavy atom. The Labute approximate surface area is 107 Å². The van der Waals surface area contributed by atoms with E-state index in [4.69, 9.17) is 9.47 Å². The minimum Gasteiger partial charge on any atom is -0.379 e. The second-order valence-corrected chi connectivity index (χ2v) is 4.99. The van der Waals surface area contributed by atoms with E-state index in [9.17, 15) is 4.79 Å². The molecule has 0 saturated carbocycles.